The Kier molecular flexibility index (Phi) is 9.99. The maximum Gasteiger partial charge on any atom is 1.00 e. The zero-order valence-electron chi connectivity index (χ0n) is 7.41. The molecule has 0 saturated carbocycles. The van der Waals surface area contributed by atoms with Crippen LogP contribution in [0.4, 0.5) is 0 Å². The first kappa shape index (κ1) is 14.5. The molecule has 0 aromatic carbocycles. The third kappa shape index (κ3) is 8.86. The van der Waals surface area contributed by atoms with Crippen LogP contribution in [0.15, 0.2) is 0 Å². The van der Waals surface area contributed by atoms with Gasteiger partial charge in [-0.1, -0.05) is 0 Å². The molecule has 0 heterocycles. The third-order valence-corrected chi connectivity index (χ3v) is 1.02. The first-order chi connectivity index (χ1) is 4.54. The van der Waals surface area contributed by atoms with Gasteiger partial charge in [0.15, 0.2) is 0 Å². The van der Waals surface area contributed by atoms with Gasteiger partial charge >= 0.3 is 74.9 Å². The van der Waals surface area contributed by atoms with Crippen molar-refractivity contribution in [2.24, 2.45) is 11.5 Å². The molecule has 5 nitrogen and oxygen atoms in total. The van der Waals surface area contributed by atoms with Crippen LogP contribution >= 0.6 is 0 Å². The van der Waals surface area contributed by atoms with E-state index in [1.165, 1.54) is 0 Å². The van der Waals surface area contributed by atoms with Crippen molar-refractivity contribution in [1.29, 1.82) is 0 Å². The van der Waals surface area contributed by atoms with Gasteiger partial charge in [0.1, 0.15) is 6.04 Å². The van der Waals surface area contributed by atoms with Crippen molar-refractivity contribution >= 4 is 11.9 Å². The maximum atomic E-state index is 10.1. The van der Waals surface area contributed by atoms with Crippen LogP contribution in [0.25, 0.3) is 0 Å². The van der Waals surface area contributed by atoms with Gasteiger partial charge < -0.3 is 18.0 Å². The predicted molar refractivity (Wildman–Crippen MR) is 35.2 cm³/mol. The fourth-order valence-corrected chi connectivity index (χ4v) is 0.421. The number of carboxylic acid groups (broad SMARTS) is 1. The van der Waals surface area contributed by atoms with E-state index in [1.54, 1.807) is 0 Å². The predicted octanol–water partition coefficient (Wildman–Crippen LogP) is -4.22. The summed E-state index contributed by atoms with van der Waals surface area (Å²) in [5, 5.41) is 8.22. The number of carbonyl (C=O) groups is 2. The Morgan fingerprint density at radius 1 is 1.55 bits per heavy atom. The zero-order valence-corrected chi connectivity index (χ0v) is 12.7. The van der Waals surface area contributed by atoms with E-state index in [1.807, 2.05) is 0 Å². The topological polar surface area (TPSA) is 106 Å². The minimum atomic E-state index is -1.11. The molecule has 60 valence electrons. The normalized spacial score (nSPS) is 11.4. The van der Waals surface area contributed by atoms with Crippen molar-refractivity contribution in [3.63, 3.8) is 0 Å². The molecule has 1 amide bonds. The molecule has 11 heavy (non-hydrogen) atoms. The van der Waals surface area contributed by atoms with Gasteiger partial charge in [0.25, 0.3) is 0 Å². The van der Waals surface area contributed by atoms with Crippen molar-refractivity contribution in [2.75, 3.05) is 0 Å². The van der Waals surface area contributed by atoms with Gasteiger partial charge in [0.05, 0.1) is 0 Å². The summed E-state index contributed by atoms with van der Waals surface area (Å²) < 4.78 is 0. The Bertz CT molecular complexity index is 156. The smallest absolute Gasteiger partial charge is 1.00 e. The van der Waals surface area contributed by atoms with Gasteiger partial charge in [-0.3, -0.25) is 9.59 Å². The first-order valence-corrected chi connectivity index (χ1v) is 2.80. The SMILES string of the molecule is NC(=O)CCC(N)C(=O)O.[Cs+].[H-]. The summed E-state index contributed by atoms with van der Waals surface area (Å²) >= 11 is 0. The van der Waals surface area contributed by atoms with E-state index in [-0.39, 0.29) is 83.2 Å². The van der Waals surface area contributed by atoms with E-state index in [9.17, 15) is 9.59 Å². The van der Waals surface area contributed by atoms with E-state index in [0.29, 0.717) is 0 Å². The molecule has 0 aliphatic rings. The van der Waals surface area contributed by atoms with Gasteiger partial charge in [0, 0.05) is 6.42 Å². The Labute approximate surface area is 125 Å². The molecule has 6 heteroatoms. The van der Waals surface area contributed by atoms with Crippen molar-refractivity contribution in [2.45, 2.75) is 18.9 Å². The summed E-state index contributed by atoms with van der Waals surface area (Å²) in [5.74, 6) is -1.64. The van der Waals surface area contributed by atoms with Crippen LogP contribution in [0.1, 0.15) is 14.3 Å². The molecule has 1 unspecified atom stereocenters. The number of carboxylic acids is 1. The second-order valence-electron chi connectivity index (χ2n) is 1.95. The van der Waals surface area contributed by atoms with E-state index >= 15 is 0 Å². The number of carbonyl (C=O) groups excluding carboxylic acids is 1. The van der Waals surface area contributed by atoms with Crippen molar-refractivity contribution in [1.82, 2.24) is 0 Å². The molecule has 0 spiro atoms. The molecular weight excluding hydrogens is 269 g/mol. The van der Waals surface area contributed by atoms with Crippen molar-refractivity contribution in [3.8, 4) is 0 Å². The minimum absolute atomic E-state index is 0. The van der Waals surface area contributed by atoms with Gasteiger partial charge in [0.2, 0.25) is 5.91 Å². The molecule has 0 bridgehead atoms. The number of nitrogens with two attached hydrogens (primary N) is 2. The van der Waals surface area contributed by atoms with Crippen LogP contribution in [0.3, 0.4) is 0 Å². The summed E-state index contributed by atoms with van der Waals surface area (Å²) in [6, 6.07) is -0.979. The summed E-state index contributed by atoms with van der Waals surface area (Å²) in [6.07, 6.45) is 0.123. The first-order valence-electron chi connectivity index (χ1n) is 2.80. The minimum Gasteiger partial charge on any atom is -1.00 e. The van der Waals surface area contributed by atoms with E-state index in [2.05, 4.69) is 0 Å². The van der Waals surface area contributed by atoms with Gasteiger partial charge in [-0.05, 0) is 6.42 Å². The molecule has 0 aliphatic carbocycles. The monoisotopic (exact) mass is 280 g/mol. The van der Waals surface area contributed by atoms with Crippen LogP contribution in [0.2, 0.25) is 0 Å². The molecule has 5 N–H and O–H groups in total. The van der Waals surface area contributed by atoms with Crippen LogP contribution in [-0.2, 0) is 9.59 Å². The number of amides is 1. The quantitative estimate of drug-likeness (QED) is 0.485. The molecule has 0 aromatic rings. The summed E-state index contributed by atoms with van der Waals surface area (Å²) in [6.45, 7) is 0. The summed E-state index contributed by atoms with van der Waals surface area (Å²) in [5.41, 5.74) is 9.81. The van der Waals surface area contributed by atoms with Gasteiger partial charge in [-0.15, -0.1) is 0 Å². The summed E-state index contributed by atoms with van der Waals surface area (Å²) in [7, 11) is 0. The van der Waals surface area contributed by atoms with Crippen LogP contribution in [0.5, 0.6) is 0 Å². The molecule has 0 fully saturated rings. The second kappa shape index (κ2) is 7.59. The molecule has 1 atom stereocenters. The van der Waals surface area contributed by atoms with E-state index in [4.69, 9.17) is 16.6 Å². The molecule has 0 aliphatic heterocycles. The number of hydrogen-bond donors (Lipinski definition) is 3. The zero-order chi connectivity index (χ0) is 8.15. The van der Waals surface area contributed by atoms with Crippen molar-refractivity contribution < 1.29 is 85.0 Å². The Balaban J connectivity index is -0.000000405. The van der Waals surface area contributed by atoms with E-state index in [0.717, 1.165) is 0 Å². The van der Waals surface area contributed by atoms with Crippen LogP contribution in [-0.4, -0.2) is 23.0 Å². The average Bonchev–Trinajstić information content (AvgIpc) is 1.82. The molecule has 0 rings (SSSR count). The number of aliphatic carboxylic acids is 1. The number of primary amides is 1. The second-order valence-corrected chi connectivity index (χ2v) is 1.95. The Morgan fingerprint density at radius 2 is 2.00 bits per heavy atom. The van der Waals surface area contributed by atoms with Crippen LogP contribution < -0.4 is 80.4 Å². The fourth-order valence-electron chi connectivity index (χ4n) is 0.421. The van der Waals surface area contributed by atoms with Crippen LogP contribution in [0, 0.1) is 0 Å². The summed E-state index contributed by atoms with van der Waals surface area (Å²) in [4.78, 5) is 20.1. The van der Waals surface area contributed by atoms with E-state index < -0.39 is 17.9 Å². The Morgan fingerprint density at radius 3 is 2.27 bits per heavy atom. The largest absolute Gasteiger partial charge is 1.00 e. The fraction of sp³-hybridized carbons (Fsp3) is 0.600. The van der Waals surface area contributed by atoms with Gasteiger partial charge in [-0.25, -0.2) is 0 Å². The molecule has 0 saturated heterocycles. The molecule has 0 aromatic heterocycles. The molecular formula is C5H11CsN2O3. The average molecular weight is 280 g/mol. The number of rotatable bonds is 4. The maximum absolute atomic E-state index is 10.1. The van der Waals surface area contributed by atoms with Gasteiger partial charge in [-0.2, -0.15) is 0 Å². The standard InChI is InChI=1S/C5H10N2O3.Cs.H/c6-3(5(9)10)1-2-4(7)8;;/h3H,1-2,6H2,(H2,7,8)(H,9,10);;/q;+1;-1. The third-order valence-electron chi connectivity index (χ3n) is 1.02. The Hall–Kier alpha value is 0.952. The van der Waals surface area contributed by atoms with Crippen molar-refractivity contribution in [3.05, 3.63) is 0 Å². The number of hydrogen-bond acceptors (Lipinski definition) is 3. The molecule has 0 radical (unpaired) electrons.